The summed E-state index contributed by atoms with van der Waals surface area (Å²) in [7, 11) is 0. The van der Waals surface area contributed by atoms with Crippen molar-refractivity contribution in [3.63, 3.8) is 0 Å². The first kappa shape index (κ1) is 26.2. The van der Waals surface area contributed by atoms with Gasteiger partial charge < -0.3 is 10.3 Å². The van der Waals surface area contributed by atoms with Gasteiger partial charge in [-0.15, -0.1) is 0 Å². The number of carboxylic acids is 1. The summed E-state index contributed by atoms with van der Waals surface area (Å²) in [6, 6.07) is 8.09. The highest BCUT2D eigenvalue weighted by Gasteiger charge is 2.58. The molecular weight excluding hydrogens is 526 g/mol. The minimum Gasteiger partial charge on any atom is -0.618 e. The van der Waals surface area contributed by atoms with Crippen LogP contribution in [0.1, 0.15) is 65.2 Å². The fraction of sp³-hybridized carbons (Fsp3) is 0.321. The Bertz CT molecular complexity index is 1440. The van der Waals surface area contributed by atoms with E-state index in [0.717, 1.165) is 49.7 Å². The standard InChI is InChI=1S/C28H22ClF4NO4/c29-20-5-4-18(26(32)33)24(25(20)31)16-2-6-22(34(38)13-16)19(12-28-9-15(10-28)11-28)23(35)8-14-1-3-17(27(36)37)21(30)7-14/h1-7,13,15,19,26H,8-12H2,(H,36,37). The van der Waals surface area contributed by atoms with E-state index in [2.05, 4.69) is 0 Å². The molecule has 10 heteroatoms. The molecular formula is C28H22ClF4NO4. The van der Waals surface area contributed by atoms with Crippen molar-refractivity contribution in [2.45, 2.75) is 44.4 Å². The average molecular weight is 548 g/mol. The first-order valence-corrected chi connectivity index (χ1v) is 12.4. The van der Waals surface area contributed by atoms with E-state index in [1.165, 1.54) is 18.2 Å². The molecule has 3 fully saturated rings. The number of carbonyl (C=O) groups excluding carboxylic acids is 1. The quantitative estimate of drug-likeness (QED) is 0.185. The van der Waals surface area contributed by atoms with Gasteiger partial charge in [-0.3, -0.25) is 4.79 Å². The van der Waals surface area contributed by atoms with E-state index in [4.69, 9.17) is 16.7 Å². The second kappa shape index (κ2) is 9.69. The van der Waals surface area contributed by atoms with Gasteiger partial charge in [0, 0.05) is 23.6 Å². The van der Waals surface area contributed by atoms with Gasteiger partial charge in [0.1, 0.15) is 17.6 Å². The average Bonchev–Trinajstić information content (AvgIpc) is 2.79. The smallest absolute Gasteiger partial charge is 0.338 e. The Labute approximate surface area is 220 Å². The molecule has 3 saturated carbocycles. The molecule has 0 aliphatic heterocycles. The van der Waals surface area contributed by atoms with Crippen LogP contribution in [-0.2, 0) is 11.2 Å². The summed E-state index contributed by atoms with van der Waals surface area (Å²) >= 11 is 5.81. The Morgan fingerprint density at radius 3 is 2.37 bits per heavy atom. The second-order valence-electron chi connectivity index (χ2n) is 10.3. The fourth-order valence-electron chi connectivity index (χ4n) is 5.84. The Balaban J connectivity index is 1.49. The van der Waals surface area contributed by atoms with Gasteiger partial charge in [0.15, 0.2) is 12.0 Å². The molecule has 0 spiro atoms. The summed E-state index contributed by atoms with van der Waals surface area (Å²) in [5, 5.41) is 21.8. The first-order valence-electron chi connectivity index (χ1n) is 12.0. The summed E-state index contributed by atoms with van der Waals surface area (Å²) < 4.78 is 56.5. The molecule has 3 aliphatic rings. The molecule has 1 heterocycles. The van der Waals surface area contributed by atoms with Crippen molar-refractivity contribution in [2.24, 2.45) is 11.3 Å². The summed E-state index contributed by atoms with van der Waals surface area (Å²) in [6.45, 7) is 0. The number of pyridine rings is 1. The van der Waals surface area contributed by atoms with Crippen molar-refractivity contribution in [1.29, 1.82) is 0 Å². The highest BCUT2D eigenvalue weighted by molar-refractivity contribution is 6.31. The van der Waals surface area contributed by atoms with Crippen LogP contribution in [0.5, 0.6) is 0 Å². The summed E-state index contributed by atoms with van der Waals surface area (Å²) in [5.74, 6) is -4.10. The number of hydrogen-bond donors (Lipinski definition) is 1. The predicted octanol–water partition coefficient (Wildman–Crippen LogP) is 6.64. The van der Waals surface area contributed by atoms with Crippen molar-refractivity contribution in [3.05, 3.63) is 92.9 Å². The van der Waals surface area contributed by atoms with Crippen LogP contribution in [0.25, 0.3) is 11.1 Å². The van der Waals surface area contributed by atoms with Gasteiger partial charge in [-0.1, -0.05) is 23.7 Å². The normalized spacial score (nSPS) is 20.5. The third-order valence-electron chi connectivity index (χ3n) is 7.79. The van der Waals surface area contributed by atoms with Gasteiger partial charge in [0.05, 0.1) is 16.1 Å². The molecule has 1 unspecified atom stereocenters. The van der Waals surface area contributed by atoms with Gasteiger partial charge in [-0.05, 0) is 66.8 Å². The Morgan fingerprint density at radius 1 is 1.11 bits per heavy atom. The topological polar surface area (TPSA) is 81.3 Å². The number of carbonyl (C=O) groups is 2. The minimum atomic E-state index is -3.01. The largest absolute Gasteiger partial charge is 0.618 e. The maximum absolute atomic E-state index is 14.8. The molecule has 3 aromatic rings. The zero-order valence-corrected chi connectivity index (χ0v) is 20.7. The monoisotopic (exact) mass is 547 g/mol. The van der Waals surface area contributed by atoms with Crippen molar-refractivity contribution in [3.8, 4) is 11.1 Å². The molecule has 0 amide bonds. The van der Waals surface area contributed by atoms with Gasteiger partial charge >= 0.3 is 5.97 Å². The highest BCUT2D eigenvalue weighted by atomic mass is 35.5. The van der Waals surface area contributed by atoms with Crippen LogP contribution in [0.4, 0.5) is 17.6 Å². The maximum Gasteiger partial charge on any atom is 0.338 e. The lowest BCUT2D eigenvalue weighted by molar-refractivity contribution is -0.614. The van der Waals surface area contributed by atoms with Crippen molar-refractivity contribution >= 4 is 23.4 Å². The van der Waals surface area contributed by atoms with E-state index >= 15 is 0 Å². The van der Waals surface area contributed by atoms with E-state index < -0.39 is 46.6 Å². The summed E-state index contributed by atoms with van der Waals surface area (Å²) in [6.07, 6.45) is 0.945. The summed E-state index contributed by atoms with van der Waals surface area (Å²) in [5.41, 5.74) is -1.45. The summed E-state index contributed by atoms with van der Waals surface area (Å²) in [4.78, 5) is 24.6. The number of halogens is 5. The third-order valence-corrected chi connectivity index (χ3v) is 8.08. The van der Waals surface area contributed by atoms with Crippen molar-refractivity contribution in [1.82, 2.24) is 0 Å². The maximum atomic E-state index is 14.8. The van der Waals surface area contributed by atoms with Gasteiger partial charge in [-0.2, -0.15) is 4.73 Å². The molecule has 6 rings (SSSR count). The molecule has 0 radical (unpaired) electrons. The number of nitrogens with zero attached hydrogens (tertiary/aromatic N) is 1. The number of hydrogen-bond acceptors (Lipinski definition) is 3. The van der Waals surface area contributed by atoms with Crippen LogP contribution in [0.3, 0.4) is 0 Å². The Morgan fingerprint density at radius 2 is 1.82 bits per heavy atom. The zero-order chi connectivity index (χ0) is 27.4. The number of rotatable bonds is 9. The van der Waals surface area contributed by atoms with Crippen LogP contribution in [0.2, 0.25) is 5.02 Å². The van der Waals surface area contributed by atoms with Crippen molar-refractivity contribution < 1.29 is 37.0 Å². The minimum absolute atomic E-state index is 0.0585. The van der Waals surface area contributed by atoms with Gasteiger partial charge in [0.2, 0.25) is 5.69 Å². The van der Waals surface area contributed by atoms with Crippen LogP contribution in [0.15, 0.2) is 48.7 Å². The van der Waals surface area contributed by atoms with E-state index in [9.17, 15) is 32.4 Å². The zero-order valence-electron chi connectivity index (χ0n) is 19.9. The number of benzene rings is 2. The number of Topliss-reactive ketones (excluding diaryl/α,β-unsaturated/α-hetero) is 1. The molecule has 1 atom stereocenters. The van der Waals surface area contributed by atoms with Gasteiger partial charge in [0.25, 0.3) is 6.43 Å². The molecule has 198 valence electrons. The molecule has 38 heavy (non-hydrogen) atoms. The van der Waals surface area contributed by atoms with E-state index in [0.29, 0.717) is 17.1 Å². The molecule has 1 aromatic heterocycles. The molecule has 1 N–H and O–H groups in total. The lowest BCUT2D eigenvalue weighted by Gasteiger charge is -2.63. The highest BCUT2D eigenvalue weighted by Crippen LogP contribution is 2.67. The van der Waals surface area contributed by atoms with E-state index in [-0.39, 0.29) is 39.5 Å². The predicted molar refractivity (Wildman–Crippen MR) is 130 cm³/mol. The van der Waals surface area contributed by atoms with Crippen LogP contribution >= 0.6 is 11.6 Å². The number of alkyl halides is 2. The first-order chi connectivity index (χ1) is 18.0. The Kier molecular flexibility index (Phi) is 6.67. The number of ketones is 1. The van der Waals surface area contributed by atoms with Crippen LogP contribution in [0, 0.1) is 28.2 Å². The number of aromatic nitrogens is 1. The molecule has 3 aliphatic carbocycles. The molecule has 0 saturated heterocycles. The third kappa shape index (κ3) is 4.64. The van der Waals surface area contributed by atoms with Crippen molar-refractivity contribution in [2.75, 3.05) is 0 Å². The van der Waals surface area contributed by atoms with Crippen LogP contribution < -0.4 is 4.73 Å². The number of carboxylic acid groups (broad SMARTS) is 1. The second-order valence-corrected chi connectivity index (χ2v) is 10.7. The lowest BCUT2D eigenvalue weighted by Crippen LogP contribution is -2.53. The molecule has 2 aromatic carbocycles. The molecule has 5 nitrogen and oxygen atoms in total. The lowest BCUT2D eigenvalue weighted by atomic mass is 9.42. The van der Waals surface area contributed by atoms with Crippen LogP contribution in [-0.4, -0.2) is 16.9 Å². The molecule has 2 bridgehead atoms. The SMILES string of the molecule is O=C(O)c1ccc(CC(=O)C(CC23CC(C2)C3)c2ccc(-c3c(C(F)F)ccc(Cl)c3F)c[n+]2[O-])cc1F. The Hall–Kier alpha value is -3.46. The number of aromatic carboxylic acids is 1. The fourth-order valence-corrected chi connectivity index (χ4v) is 6.00. The van der Waals surface area contributed by atoms with Gasteiger partial charge in [-0.25, -0.2) is 22.4 Å². The van der Waals surface area contributed by atoms with E-state index in [1.807, 2.05) is 0 Å². The van der Waals surface area contributed by atoms with E-state index in [1.54, 1.807) is 0 Å².